The van der Waals surface area contributed by atoms with Crippen molar-refractivity contribution in [3.63, 3.8) is 0 Å². The molecule has 2 unspecified atom stereocenters. The largest absolute Gasteiger partial charge is 0.480 e. The minimum absolute atomic E-state index is 0.00120. The summed E-state index contributed by atoms with van der Waals surface area (Å²) in [7, 11) is 0. The minimum atomic E-state index is -1.00. The second-order valence-electron chi connectivity index (χ2n) is 4.66. The number of urea groups is 1. The molecule has 1 aliphatic rings. The number of thiophene rings is 1. The molecule has 0 radical (unpaired) electrons. The lowest BCUT2D eigenvalue weighted by Crippen LogP contribution is -2.46. The monoisotopic (exact) mass is 282 g/mol. The molecule has 3 N–H and O–H groups in total. The Bertz CT molecular complexity index is 472. The van der Waals surface area contributed by atoms with Crippen LogP contribution in [0, 0.1) is 0 Å². The van der Waals surface area contributed by atoms with Gasteiger partial charge >= 0.3 is 12.0 Å². The van der Waals surface area contributed by atoms with E-state index in [1.807, 2.05) is 11.4 Å². The fourth-order valence-corrected chi connectivity index (χ4v) is 3.32. The maximum absolute atomic E-state index is 11.8. The molecular formula is C13H18N2O3S. The van der Waals surface area contributed by atoms with Crippen molar-refractivity contribution in [3.05, 3.63) is 21.9 Å². The Morgan fingerprint density at radius 1 is 1.58 bits per heavy atom. The molecule has 1 aromatic heterocycles. The molecule has 2 amide bonds. The normalized spacial score (nSPS) is 19.3. The highest BCUT2D eigenvalue weighted by Crippen LogP contribution is 2.33. The molecular weight excluding hydrogens is 264 g/mol. The molecule has 0 saturated carbocycles. The van der Waals surface area contributed by atoms with Crippen LogP contribution < -0.4 is 10.6 Å². The Balaban J connectivity index is 1.95. The smallest absolute Gasteiger partial charge is 0.326 e. The van der Waals surface area contributed by atoms with E-state index in [1.165, 1.54) is 10.4 Å². The van der Waals surface area contributed by atoms with Gasteiger partial charge in [-0.05, 0) is 42.7 Å². The van der Waals surface area contributed by atoms with Crippen molar-refractivity contribution in [3.8, 4) is 0 Å². The van der Waals surface area contributed by atoms with E-state index < -0.39 is 18.0 Å². The van der Waals surface area contributed by atoms with Gasteiger partial charge in [-0.25, -0.2) is 9.59 Å². The summed E-state index contributed by atoms with van der Waals surface area (Å²) >= 11 is 1.71. The van der Waals surface area contributed by atoms with Crippen molar-refractivity contribution in [2.75, 3.05) is 0 Å². The number of rotatable bonds is 4. The van der Waals surface area contributed by atoms with Crippen LogP contribution in [-0.2, 0) is 11.2 Å². The summed E-state index contributed by atoms with van der Waals surface area (Å²) in [5, 5.41) is 16.3. The number of hydrogen-bond donors (Lipinski definition) is 3. The fourth-order valence-electron chi connectivity index (χ4n) is 2.33. The highest BCUT2D eigenvalue weighted by molar-refractivity contribution is 7.10. The van der Waals surface area contributed by atoms with Crippen molar-refractivity contribution in [1.29, 1.82) is 0 Å². The molecule has 19 heavy (non-hydrogen) atoms. The molecule has 1 aromatic rings. The molecule has 0 fully saturated rings. The van der Waals surface area contributed by atoms with E-state index in [0.29, 0.717) is 6.42 Å². The third kappa shape index (κ3) is 3.26. The number of fused-ring (bicyclic) bond motifs is 1. The van der Waals surface area contributed by atoms with Crippen LogP contribution in [0.25, 0.3) is 0 Å². The number of aryl methyl sites for hydroxylation is 1. The van der Waals surface area contributed by atoms with E-state index in [9.17, 15) is 9.59 Å². The summed E-state index contributed by atoms with van der Waals surface area (Å²) < 4.78 is 0. The maximum atomic E-state index is 11.8. The van der Waals surface area contributed by atoms with Crippen LogP contribution in [0.2, 0.25) is 0 Å². The molecule has 2 atom stereocenters. The highest BCUT2D eigenvalue weighted by atomic mass is 32.1. The predicted molar refractivity (Wildman–Crippen MR) is 73.4 cm³/mol. The minimum Gasteiger partial charge on any atom is -0.480 e. The molecule has 104 valence electrons. The Kier molecular flexibility index (Phi) is 4.42. The number of carboxylic acids is 1. The van der Waals surface area contributed by atoms with Crippen molar-refractivity contribution in [2.24, 2.45) is 0 Å². The highest BCUT2D eigenvalue weighted by Gasteiger charge is 2.24. The number of carboxylic acid groups (broad SMARTS) is 1. The summed E-state index contributed by atoms with van der Waals surface area (Å²) in [6.07, 6.45) is 3.40. The van der Waals surface area contributed by atoms with Gasteiger partial charge < -0.3 is 15.7 Å². The topological polar surface area (TPSA) is 78.4 Å². The molecule has 5 nitrogen and oxygen atoms in total. The van der Waals surface area contributed by atoms with Crippen LogP contribution in [0.4, 0.5) is 4.79 Å². The number of carbonyl (C=O) groups excluding carboxylic acids is 1. The standard InChI is InChI=1S/C13H18N2O3S/c1-2-9(12(16)17)14-13(18)15-10-4-3-5-11-8(10)6-7-19-11/h6-7,9-10H,2-5H2,1H3,(H,16,17)(H2,14,15,18). The van der Waals surface area contributed by atoms with Gasteiger partial charge in [-0.15, -0.1) is 11.3 Å². The molecule has 6 heteroatoms. The first-order valence-electron chi connectivity index (χ1n) is 6.48. The quantitative estimate of drug-likeness (QED) is 0.792. The SMILES string of the molecule is CCC(NC(=O)NC1CCCc2sccc21)C(=O)O. The summed E-state index contributed by atoms with van der Waals surface area (Å²) in [4.78, 5) is 24.0. The lowest BCUT2D eigenvalue weighted by Gasteiger charge is -2.24. The number of nitrogens with one attached hydrogen (secondary N) is 2. The summed E-state index contributed by atoms with van der Waals surface area (Å²) in [5.74, 6) is -1.00. The average molecular weight is 282 g/mol. The molecule has 0 aromatic carbocycles. The third-order valence-corrected chi connectivity index (χ3v) is 4.37. The van der Waals surface area contributed by atoms with E-state index in [0.717, 1.165) is 19.3 Å². The number of hydrogen-bond acceptors (Lipinski definition) is 3. The molecule has 1 aliphatic carbocycles. The van der Waals surface area contributed by atoms with Crippen LogP contribution in [0.3, 0.4) is 0 Å². The molecule has 1 heterocycles. The first kappa shape index (κ1) is 13.9. The first-order chi connectivity index (χ1) is 9.11. The lowest BCUT2D eigenvalue weighted by molar-refractivity contribution is -0.139. The Hall–Kier alpha value is -1.56. The van der Waals surface area contributed by atoms with Crippen molar-refractivity contribution in [2.45, 2.75) is 44.7 Å². The Labute approximate surface area is 116 Å². The van der Waals surface area contributed by atoms with Crippen molar-refractivity contribution < 1.29 is 14.7 Å². The number of aliphatic carboxylic acids is 1. The van der Waals surface area contributed by atoms with Gasteiger partial charge in [0.25, 0.3) is 0 Å². The molecule has 0 saturated heterocycles. The van der Waals surface area contributed by atoms with Crippen LogP contribution in [0.15, 0.2) is 11.4 Å². The van der Waals surface area contributed by atoms with E-state index in [4.69, 9.17) is 5.11 Å². The van der Waals surface area contributed by atoms with Gasteiger partial charge in [0.2, 0.25) is 0 Å². The predicted octanol–water partition coefficient (Wildman–Crippen LogP) is 2.29. The van der Waals surface area contributed by atoms with Gasteiger partial charge in [-0.1, -0.05) is 6.92 Å². The Morgan fingerprint density at radius 3 is 3.05 bits per heavy atom. The number of amides is 2. The van der Waals surface area contributed by atoms with E-state index in [2.05, 4.69) is 10.6 Å². The third-order valence-electron chi connectivity index (χ3n) is 3.37. The molecule has 0 spiro atoms. The lowest BCUT2D eigenvalue weighted by atomic mass is 9.94. The molecule has 0 aliphatic heterocycles. The fraction of sp³-hybridized carbons (Fsp3) is 0.538. The van der Waals surface area contributed by atoms with Crippen LogP contribution in [0.1, 0.15) is 42.7 Å². The second-order valence-corrected chi connectivity index (χ2v) is 5.66. The van der Waals surface area contributed by atoms with Gasteiger partial charge in [-0.2, -0.15) is 0 Å². The van der Waals surface area contributed by atoms with Crippen LogP contribution in [-0.4, -0.2) is 23.1 Å². The maximum Gasteiger partial charge on any atom is 0.326 e. The summed E-state index contributed by atoms with van der Waals surface area (Å²) in [6, 6.07) is 0.809. The van der Waals surface area contributed by atoms with Crippen molar-refractivity contribution in [1.82, 2.24) is 10.6 Å². The first-order valence-corrected chi connectivity index (χ1v) is 7.36. The molecule has 0 bridgehead atoms. The second kappa shape index (κ2) is 6.06. The van der Waals surface area contributed by atoms with Crippen molar-refractivity contribution >= 4 is 23.3 Å². The van der Waals surface area contributed by atoms with Gasteiger partial charge in [0, 0.05) is 4.88 Å². The zero-order valence-electron chi connectivity index (χ0n) is 10.8. The zero-order valence-corrected chi connectivity index (χ0v) is 11.6. The van der Waals surface area contributed by atoms with Gasteiger partial charge in [-0.3, -0.25) is 0 Å². The van der Waals surface area contributed by atoms with E-state index in [1.54, 1.807) is 18.3 Å². The molecule has 2 rings (SSSR count). The van der Waals surface area contributed by atoms with Gasteiger partial charge in [0.15, 0.2) is 0 Å². The zero-order chi connectivity index (χ0) is 13.8. The Morgan fingerprint density at radius 2 is 2.37 bits per heavy atom. The van der Waals surface area contributed by atoms with Crippen LogP contribution >= 0.6 is 11.3 Å². The van der Waals surface area contributed by atoms with E-state index in [-0.39, 0.29) is 6.04 Å². The van der Waals surface area contributed by atoms with Gasteiger partial charge in [0.1, 0.15) is 6.04 Å². The van der Waals surface area contributed by atoms with E-state index >= 15 is 0 Å². The summed E-state index contributed by atoms with van der Waals surface area (Å²) in [6.45, 7) is 1.73. The average Bonchev–Trinajstić information content (AvgIpc) is 2.85. The number of carbonyl (C=O) groups is 2. The van der Waals surface area contributed by atoms with Crippen LogP contribution in [0.5, 0.6) is 0 Å². The van der Waals surface area contributed by atoms with Gasteiger partial charge in [0.05, 0.1) is 6.04 Å². The summed E-state index contributed by atoms with van der Waals surface area (Å²) in [5.41, 5.74) is 1.18.